The van der Waals surface area contributed by atoms with Gasteiger partial charge in [0.25, 0.3) is 0 Å². The zero-order chi connectivity index (χ0) is 12.6. The van der Waals surface area contributed by atoms with Crippen molar-refractivity contribution in [3.8, 4) is 0 Å². The maximum atomic E-state index is 11.5. The highest BCUT2D eigenvalue weighted by Gasteiger charge is 2.15. The van der Waals surface area contributed by atoms with Gasteiger partial charge < -0.3 is 10.0 Å². The van der Waals surface area contributed by atoms with E-state index in [2.05, 4.69) is 0 Å². The molecule has 0 aromatic rings. The van der Waals surface area contributed by atoms with E-state index in [1.165, 1.54) is 4.90 Å². The molecule has 0 aliphatic rings. The Morgan fingerprint density at radius 1 is 1.06 bits per heavy atom. The molecule has 0 radical (unpaired) electrons. The summed E-state index contributed by atoms with van der Waals surface area (Å²) < 4.78 is 0. The number of Topliss-reactive ketones (excluding diaryl/α,β-unsaturated/α-hetero) is 1. The standard InChI is InChI=1S/C11H19NO4/c1-3-5-9(13)6-7-10(14)12(4-2)8-11(15)16/h3-8H2,1-2H3,(H,15,16). The van der Waals surface area contributed by atoms with Gasteiger partial charge in [-0.3, -0.25) is 14.4 Å². The molecule has 0 saturated carbocycles. The summed E-state index contributed by atoms with van der Waals surface area (Å²) in [4.78, 5) is 34.4. The molecule has 0 heterocycles. The Hall–Kier alpha value is -1.39. The van der Waals surface area contributed by atoms with Crippen molar-refractivity contribution in [2.75, 3.05) is 13.1 Å². The van der Waals surface area contributed by atoms with Gasteiger partial charge in [0.1, 0.15) is 12.3 Å². The molecule has 0 rings (SSSR count). The predicted octanol–water partition coefficient (Wildman–Crippen LogP) is 1.07. The molecule has 0 aromatic heterocycles. The number of carboxylic acids is 1. The van der Waals surface area contributed by atoms with Gasteiger partial charge in [-0.2, -0.15) is 0 Å². The molecule has 16 heavy (non-hydrogen) atoms. The SMILES string of the molecule is CCCC(=O)CCC(=O)N(CC)CC(=O)O. The van der Waals surface area contributed by atoms with E-state index in [0.29, 0.717) is 13.0 Å². The van der Waals surface area contributed by atoms with Crippen LogP contribution >= 0.6 is 0 Å². The molecule has 0 aliphatic heterocycles. The first-order valence-electron chi connectivity index (χ1n) is 5.52. The van der Waals surface area contributed by atoms with Crippen LogP contribution in [0.3, 0.4) is 0 Å². The average molecular weight is 229 g/mol. The van der Waals surface area contributed by atoms with Crippen LogP contribution < -0.4 is 0 Å². The number of hydrogen-bond acceptors (Lipinski definition) is 3. The summed E-state index contributed by atoms with van der Waals surface area (Å²) in [5.41, 5.74) is 0. The number of rotatable bonds is 8. The summed E-state index contributed by atoms with van der Waals surface area (Å²) in [6.07, 6.45) is 1.58. The minimum Gasteiger partial charge on any atom is -0.480 e. The predicted molar refractivity (Wildman–Crippen MR) is 59.0 cm³/mol. The molecule has 0 atom stereocenters. The van der Waals surface area contributed by atoms with Crippen molar-refractivity contribution in [3.05, 3.63) is 0 Å². The van der Waals surface area contributed by atoms with E-state index in [9.17, 15) is 14.4 Å². The highest BCUT2D eigenvalue weighted by atomic mass is 16.4. The van der Waals surface area contributed by atoms with Gasteiger partial charge in [0.2, 0.25) is 5.91 Å². The Labute approximate surface area is 95.4 Å². The molecular formula is C11H19NO4. The number of nitrogens with zero attached hydrogens (tertiary/aromatic N) is 1. The molecule has 0 spiro atoms. The van der Waals surface area contributed by atoms with Crippen LogP contribution in [-0.4, -0.2) is 40.8 Å². The quantitative estimate of drug-likeness (QED) is 0.675. The van der Waals surface area contributed by atoms with Crippen LogP contribution in [0, 0.1) is 0 Å². The van der Waals surface area contributed by atoms with Crippen molar-refractivity contribution in [1.82, 2.24) is 4.90 Å². The number of amides is 1. The molecule has 0 aromatic carbocycles. The molecule has 1 N–H and O–H groups in total. The Morgan fingerprint density at radius 3 is 2.12 bits per heavy atom. The Balaban J connectivity index is 4.02. The summed E-state index contributed by atoms with van der Waals surface area (Å²) in [7, 11) is 0. The van der Waals surface area contributed by atoms with Crippen LogP contribution in [0.2, 0.25) is 0 Å². The van der Waals surface area contributed by atoms with Gasteiger partial charge in [-0.1, -0.05) is 6.92 Å². The minimum atomic E-state index is -1.03. The molecule has 5 nitrogen and oxygen atoms in total. The second kappa shape index (κ2) is 7.84. The number of carbonyl (C=O) groups is 3. The van der Waals surface area contributed by atoms with Gasteiger partial charge in [0.05, 0.1) is 0 Å². The fourth-order valence-corrected chi connectivity index (χ4v) is 1.35. The van der Waals surface area contributed by atoms with E-state index in [4.69, 9.17) is 5.11 Å². The largest absolute Gasteiger partial charge is 0.480 e. The molecule has 5 heteroatoms. The second-order valence-electron chi connectivity index (χ2n) is 3.59. The first-order valence-corrected chi connectivity index (χ1v) is 5.52. The minimum absolute atomic E-state index is 0.0576. The summed E-state index contributed by atoms with van der Waals surface area (Å²) >= 11 is 0. The number of ketones is 1. The first kappa shape index (κ1) is 14.6. The lowest BCUT2D eigenvalue weighted by atomic mass is 10.1. The highest BCUT2D eigenvalue weighted by molar-refractivity contribution is 5.86. The third kappa shape index (κ3) is 6.16. The number of carbonyl (C=O) groups excluding carboxylic acids is 2. The maximum absolute atomic E-state index is 11.5. The third-order valence-corrected chi connectivity index (χ3v) is 2.21. The van der Waals surface area contributed by atoms with E-state index in [1.807, 2.05) is 6.92 Å². The molecule has 1 amide bonds. The monoisotopic (exact) mass is 229 g/mol. The molecular weight excluding hydrogens is 210 g/mol. The van der Waals surface area contributed by atoms with E-state index in [-0.39, 0.29) is 31.1 Å². The first-order chi connectivity index (χ1) is 7.51. The van der Waals surface area contributed by atoms with Gasteiger partial charge >= 0.3 is 5.97 Å². The van der Waals surface area contributed by atoms with E-state index < -0.39 is 5.97 Å². The zero-order valence-corrected chi connectivity index (χ0v) is 9.86. The van der Waals surface area contributed by atoms with Gasteiger partial charge in [-0.05, 0) is 13.3 Å². The van der Waals surface area contributed by atoms with Crippen molar-refractivity contribution in [1.29, 1.82) is 0 Å². The summed E-state index contributed by atoms with van der Waals surface area (Å²) in [6, 6.07) is 0. The topological polar surface area (TPSA) is 74.7 Å². The van der Waals surface area contributed by atoms with Crippen molar-refractivity contribution < 1.29 is 19.5 Å². The fourth-order valence-electron chi connectivity index (χ4n) is 1.35. The smallest absolute Gasteiger partial charge is 0.323 e. The van der Waals surface area contributed by atoms with E-state index in [0.717, 1.165) is 6.42 Å². The third-order valence-electron chi connectivity index (χ3n) is 2.21. The normalized spacial score (nSPS) is 9.88. The lowest BCUT2D eigenvalue weighted by Gasteiger charge is -2.18. The van der Waals surface area contributed by atoms with Crippen molar-refractivity contribution in [2.45, 2.75) is 39.5 Å². The molecule has 0 aliphatic carbocycles. The number of carboxylic acid groups (broad SMARTS) is 1. The second-order valence-corrected chi connectivity index (χ2v) is 3.59. The molecule has 92 valence electrons. The number of hydrogen-bond donors (Lipinski definition) is 1. The van der Waals surface area contributed by atoms with E-state index >= 15 is 0 Å². The van der Waals surface area contributed by atoms with Crippen LogP contribution in [0.4, 0.5) is 0 Å². The Bertz CT molecular complexity index is 263. The number of likely N-dealkylation sites (N-methyl/N-ethyl adjacent to an activating group) is 1. The Kier molecular flexibility index (Phi) is 7.16. The van der Waals surface area contributed by atoms with Gasteiger partial charge in [0, 0.05) is 25.8 Å². The molecule has 0 bridgehead atoms. The van der Waals surface area contributed by atoms with Crippen LogP contribution in [0.1, 0.15) is 39.5 Å². The summed E-state index contributed by atoms with van der Waals surface area (Å²) in [5.74, 6) is -1.24. The van der Waals surface area contributed by atoms with Crippen LogP contribution in [0.15, 0.2) is 0 Å². The summed E-state index contributed by atoms with van der Waals surface area (Å²) in [6.45, 7) is 3.68. The molecule has 0 fully saturated rings. The summed E-state index contributed by atoms with van der Waals surface area (Å²) in [5, 5.41) is 8.56. The van der Waals surface area contributed by atoms with Crippen molar-refractivity contribution >= 4 is 17.7 Å². The van der Waals surface area contributed by atoms with Gasteiger partial charge in [0.15, 0.2) is 0 Å². The van der Waals surface area contributed by atoms with Gasteiger partial charge in [-0.25, -0.2) is 0 Å². The Morgan fingerprint density at radius 2 is 1.69 bits per heavy atom. The molecule has 0 unspecified atom stereocenters. The van der Waals surface area contributed by atoms with Crippen molar-refractivity contribution in [2.24, 2.45) is 0 Å². The zero-order valence-electron chi connectivity index (χ0n) is 9.86. The fraction of sp³-hybridized carbons (Fsp3) is 0.727. The average Bonchev–Trinajstić information content (AvgIpc) is 2.22. The van der Waals surface area contributed by atoms with E-state index in [1.54, 1.807) is 6.92 Å². The van der Waals surface area contributed by atoms with Crippen molar-refractivity contribution in [3.63, 3.8) is 0 Å². The lowest BCUT2D eigenvalue weighted by molar-refractivity contribution is -0.144. The maximum Gasteiger partial charge on any atom is 0.323 e. The lowest BCUT2D eigenvalue weighted by Crippen LogP contribution is -2.35. The number of aliphatic carboxylic acids is 1. The van der Waals surface area contributed by atoms with Crippen LogP contribution in [0.25, 0.3) is 0 Å². The van der Waals surface area contributed by atoms with Crippen LogP contribution in [0.5, 0.6) is 0 Å². The van der Waals surface area contributed by atoms with Gasteiger partial charge in [-0.15, -0.1) is 0 Å². The van der Waals surface area contributed by atoms with Crippen LogP contribution in [-0.2, 0) is 14.4 Å². The highest BCUT2D eigenvalue weighted by Crippen LogP contribution is 2.02. The molecule has 0 saturated heterocycles.